The average molecular weight is 289 g/mol. The zero-order chi connectivity index (χ0) is 15.7. The van der Waals surface area contributed by atoms with Crippen LogP contribution in [0.2, 0.25) is 0 Å². The van der Waals surface area contributed by atoms with E-state index in [0.717, 1.165) is 4.90 Å². The van der Waals surface area contributed by atoms with Gasteiger partial charge in [0.2, 0.25) is 0 Å². The highest BCUT2D eigenvalue weighted by Crippen LogP contribution is 2.38. The summed E-state index contributed by atoms with van der Waals surface area (Å²) in [5, 5.41) is 19.1. The van der Waals surface area contributed by atoms with Gasteiger partial charge < -0.3 is 15.1 Å². The molecule has 2 N–H and O–H groups in total. The fourth-order valence-electron chi connectivity index (χ4n) is 2.46. The number of amides is 1. The number of Topliss-reactive ketones (excluding diaryl/α,β-unsaturated/α-hetero) is 1. The van der Waals surface area contributed by atoms with E-state index in [0.29, 0.717) is 5.56 Å². The molecule has 6 nitrogen and oxygen atoms in total. The fourth-order valence-corrected chi connectivity index (χ4v) is 2.46. The van der Waals surface area contributed by atoms with Gasteiger partial charge in [-0.25, -0.2) is 4.79 Å². The zero-order valence-electron chi connectivity index (χ0n) is 11.6. The fraction of sp³-hybridized carbons (Fsp3) is 0.267. The van der Waals surface area contributed by atoms with Gasteiger partial charge in [0.05, 0.1) is 11.6 Å². The van der Waals surface area contributed by atoms with Crippen LogP contribution in [0.4, 0.5) is 0 Å². The third kappa shape index (κ3) is 2.40. The Morgan fingerprint density at radius 1 is 1.24 bits per heavy atom. The highest BCUT2D eigenvalue weighted by Gasteiger charge is 2.46. The number of hydrogen-bond donors (Lipinski definition) is 2. The first-order valence-electron chi connectivity index (χ1n) is 6.40. The number of carboxylic acids is 1. The molecule has 2 rings (SSSR count). The van der Waals surface area contributed by atoms with Crippen molar-refractivity contribution in [2.24, 2.45) is 0 Å². The summed E-state index contributed by atoms with van der Waals surface area (Å²) in [4.78, 5) is 36.2. The van der Waals surface area contributed by atoms with Gasteiger partial charge in [-0.3, -0.25) is 9.59 Å². The summed E-state index contributed by atoms with van der Waals surface area (Å²) in [5.74, 6) is -3.19. The van der Waals surface area contributed by atoms with Gasteiger partial charge in [-0.2, -0.15) is 0 Å². The Morgan fingerprint density at radius 2 is 1.81 bits per heavy atom. The van der Waals surface area contributed by atoms with E-state index >= 15 is 0 Å². The minimum atomic E-state index is -1.21. The van der Waals surface area contributed by atoms with Crippen LogP contribution in [-0.4, -0.2) is 38.8 Å². The van der Waals surface area contributed by atoms with Gasteiger partial charge >= 0.3 is 5.97 Å². The van der Waals surface area contributed by atoms with Gasteiger partial charge in [-0.1, -0.05) is 30.3 Å². The Balaban J connectivity index is 2.59. The first-order chi connectivity index (χ1) is 9.86. The molecule has 0 spiro atoms. The van der Waals surface area contributed by atoms with Crippen molar-refractivity contribution < 1.29 is 24.6 Å². The van der Waals surface area contributed by atoms with Gasteiger partial charge in [0.25, 0.3) is 5.91 Å². The van der Waals surface area contributed by atoms with Crippen LogP contribution in [0, 0.1) is 0 Å². The number of ketones is 1. The van der Waals surface area contributed by atoms with Crippen molar-refractivity contribution in [2.75, 3.05) is 0 Å². The number of carbonyl (C=O) groups excluding carboxylic acids is 2. The maximum atomic E-state index is 12.2. The number of carbonyl (C=O) groups is 3. The van der Waals surface area contributed by atoms with Gasteiger partial charge in [0.1, 0.15) is 6.04 Å². The summed E-state index contributed by atoms with van der Waals surface area (Å²) >= 11 is 0. The number of nitrogens with zero attached hydrogens (tertiary/aromatic N) is 1. The third-order valence-corrected chi connectivity index (χ3v) is 3.51. The number of hydrogen-bond acceptors (Lipinski definition) is 4. The molecule has 0 saturated heterocycles. The Bertz CT molecular complexity index is 635. The lowest BCUT2D eigenvalue weighted by atomic mass is 9.96. The van der Waals surface area contributed by atoms with E-state index in [-0.39, 0.29) is 5.57 Å². The van der Waals surface area contributed by atoms with Gasteiger partial charge in [0.15, 0.2) is 11.5 Å². The summed E-state index contributed by atoms with van der Waals surface area (Å²) in [6.07, 6.45) is 0. The minimum Gasteiger partial charge on any atom is -0.503 e. The van der Waals surface area contributed by atoms with E-state index in [1.54, 1.807) is 30.3 Å². The second kappa shape index (κ2) is 5.40. The van der Waals surface area contributed by atoms with Crippen LogP contribution >= 0.6 is 0 Å². The molecule has 2 atom stereocenters. The monoisotopic (exact) mass is 289 g/mol. The normalized spacial score (nSPS) is 19.8. The van der Waals surface area contributed by atoms with Crippen molar-refractivity contribution in [3.8, 4) is 0 Å². The smallest absolute Gasteiger partial charge is 0.326 e. The van der Waals surface area contributed by atoms with E-state index in [2.05, 4.69) is 0 Å². The van der Waals surface area contributed by atoms with Crippen molar-refractivity contribution in [2.45, 2.75) is 25.9 Å². The second-order valence-electron chi connectivity index (χ2n) is 4.86. The molecule has 0 radical (unpaired) electrons. The number of carboxylic acid groups (broad SMARTS) is 1. The molecule has 1 aliphatic rings. The molecule has 0 aliphatic carbocycles. The Labute approximate surface area is 121 Å². The topological polar surface area (TPSA) is 94.9 Å². The quantitative estimate of drug-likeness (QED) is 0.874. The van der Waals surface area contributed by atoms with Crippen LogP contribution in [0.15, 0.2) is 41.7 Å². The minimum absolute atomic E-state index is 0.0701. The van der Waals surface area contributed by atoms with Crippen molar-refractivity contribution in [1.82, 2.24) is 4.90 Å². The lowest BCUT2D eigenvalue weighted by molar-refractivity contribution is -0.149. The van der Waals surface area contributed by atoms with E-state index in [1.165, 1.54) is 13.8 Å². The van der Waals surface area contributed by atoms with E-state index in [9.17, 15) is 19.5 Å². The molecule has 0 fully saturated rings. The van der Waals surface area contributed by atoms with Crippen LogP contribution in [0.1, 0.15) is 25.5 Å². The molecular weight excluding hydrogens is 274 g/mol. The van der Waals surface area contributed by atoms with Crippen LogP contribution in [0.25, 0.3) is 0 Å². The molecule has 1 aromatic carbocycles. The first kappa shape index (κ1) is 14.8. The summed E-state index contributed by atoms with van der Waals surface area (Å²) in [6.45, 7) is 2.58. The summed E-state index contributed by atoms with van der Waals surface area (Å²) in [7, 11) is 0. The second-order valence-corrected chi connectivity index (χ2v) is 4.86. The molecule has 0 unspecified atom stereocenters. The van der Waals surface area contributed by atoms with Crippen LogP contribution in [0.5, 0.6) is 0 Å². The standard InChI is InChI=1S/C15H15NO5/c1-8(15(20)21)16-12(10-6-4-3-5-7-10)11(9(2)17)13(18)14(16)19/h3-8,12,18H,1-2H3,(H,20,21)/t8-,12+/m1/s1. The molecule has 0 bridgehead atoms. The van der Waals surface area contributed by atoms with Crippen molar-refractivity contribution in [1.29, 1.82) is 0 Å². The van der Waals surface area contributed by atoms with E-state index < -0.39 is 35.5 Å². The third-order valence-electron chi connectivity index (χ3n) is 3.51. The number of aliphatic carboxylic acids is 1. The van der Waals surface area contributed by atoms with Crippen molar-refractivity contribution in [3.63, 3.8) is 0 Å². The number of aliphatic hydroxyl groups is 1. The summed E-state index contributed by atoms with van der Waals surface area (Å²) < 4.78 is 0. The molecule has 1 aliphatic heterocycles. The molecule has 21 heavy (non-hydrogen) atoms. The maximum absolute atomic E-state index is 12.2. The summed E-state index contributed by atoms with van der Waals surface area (Å²) in [5.41, 5.74) is 0.507. The summed E-state index contributed by atoms with van der Waals surface area (Å²) in [6, 6.07) is 6.52. The SMILES string of the molecule is CC(=O)C1=C(O)C(=O)N([C@H](C)C(=O)O)[C@H]1c1ccccc1. The molecule has 110 valence electrons. The van der Waals surface area contributed by atoms with Gasteiger partial charge in [0, 0.05) is 0 Å². The number of aliphatic hydroxyl groups excluding tert-OH is 1. The molecule has 0 saturated carbocycles. The van der Waals surface area contributed by atoms with Crippen molar-refractivity contribution >= 4 is 17.7 Å². The van der Waals surface area contributed by atoms with Crippen LogP contribution < -0.4 is 0 Å². The molecule has 1 amide bonds. The Hall–Kier alpha value is -2.63. The molecule has 1 aromatic rings. The predicted molar refractivity (Wildman–Crippen MR) is 73.5 cm³/mol. The number of benzene rings is 1. The Kier molecular flexibility index (Phi) is 3.80. The largest absolute Gasteiger partial charge is 0.503 e. The molecule has 0 aromatic heterocycles. The maximum Gasteiger partial charge on any atom is 0.326 e. The predicted octanol–water partition coefficient (Wildman–Crippen LogP) is 1.44. The van der Waals surface area contributed by atoms with Gasteiger partial charge in [-0.05, 0) is 19.4 Å². The average Bonchev–Trinajstić information content (AvgIpc) is 2.71. The highest BCUT2D eigenvalue weighted by molar-refractivity contribution is 6.09. The molecular formula is C15H15NO5. The molecule has 6 heteroatoms. The van der Waals surface area contributed by atoms with Crippen molar-refractivity contribution in [3.05, 3.63) is 47.2 Å². The highest BCUT2D eigenvalue weighted by atomic mass is 16.4. The van der Waals surface area contributed by atoms with E-state index in [1.807, 2.05) is 0 Å². The lowest BCUT2D eigenvalue weighted by Crippen LogP contribution is -2.43. The van der Waals surface area contributed by atoms with Crippen LogP contribution in [-0.2, 0) is 14.4 Å². The first-order valence-corrected chi connectivity index (χ1v) is 6.40. The number of rotatable bonds is 4. The lowest BCUT2D eigenvalue weighted by Gasteiger charge is -2.29. The van der Waals surface area contributed by atoms with Crippen LogP contribution in [0.3, 0.4) is 0 Å². The van der Waals surface area contributed by atoms with Gasteiger partial charge in [-0.15, -0.1) is 0 Å². The molecule has 1 heterocycles. The zero-order valence-corrected chi connectivity index (χ0v) is 11.6. The van der Waals surface area contributed by atoms with E-state index in [4.69, 9.17) is 5.11 Å². The Morgan fingerprint density at radius 3 is 2.29 bits per heavy atom.